The summed E-state index contributed by atoms with van der Waals surface area (Å²) in [5, 5.41) is 0.308. The first kappa shape index (κ1) is 22.4. The molecule has 0 fully saturated rings. The van der Waals surface area contributed by atoms with Crippen molar-refractivity contribution in [1.82, 2.24) is 0 Å². The molecule has 164 valence electrons. The number of carbonyl (C=O) groups is 1. The molecular weight excluding hydrogens is 436 g/mol. The summed E-state index contributed by atoms with van der Waals surface area (Å²) >= 11 is 6.26. The Bertz CT molecular complexity index is 1050. The molecule has 0 atom stereocenters. The molecule has 0 N–H and O–H groups in total. The Morgan fingerprint density at radius 3 is 2.52 bits per heavy atom. The minimum Gasteiger partial charge on any atom is -0.493 e. The number of nitrogens with zero attached hydrogens (tertiary/aromatic N) is 1. The van der Waals surface area contributed by atoms with E-state index in [0.29, 0.717) is 34.3 Å². The zero-order valence-corrected chi connectivity index (χ0v) is 17.5. The van der Waals surface area contributed by atoms with Crippen LogP contribution in [-0.4, -0.2) is 39.3 Å². The molecule has 0 saturated heterocycles. The van der Waals surface area contributed by atoms with Crippen LogP contribution in [0.5, 0.6) is 23.0 Å². The number of aliphatic imine (C=N–C) groups is 1. The molecule has 10 heteroatoms. The first-order valence-corrected chi connectivity index (χ1v) is 9.40. The van der Waals surface area contributed by atoms with Gasteiger partial charge in [0.25, 0.3) is 0 Å². The van der Waals surface area contributed by atoms with Gasteiger partial charge in [0.05, 0.1) is 25.8 Å². The lowest BCUT2D eigenvalue weighted by Crippen LogP contribution is -2.07. The van der Waals surface area contributed by atoms with Crippen LogP contribution in [0.15, 0.2) is 41.0 Å². The molecule has 1 aliphatic heterocycles. The standard InChI is InChI=1S/C21H18ClF2NO6/c1-4-29-18-13(22)7-11(9-17(18)28-3)8-14-20(26)31-19(25-14)12-5-6-15(30-21(23)24)16(10-12)27-2/h5-10,21H,4H2,1-3H3/b14-8-. The molecule has 7 nitrogen and oxygen atoms in total. The zero-order chi connectivity index (χ0) is 22.5. The summed E-state index contributed by atoms with van der Waals surface area (Å²) in [7, 11) is 2.77. The monoisotopic (exact) mass is 453 g/mol. The van der Waals surface area contributed by atoms with Crippen molar-refractivity contribution in [3.05, 3.63) is 52.2 Å². The third kappa shape index (κ3) is 5.05. The lowest BCUT2D eigenvalue weighted by molar-refractivity contribution is -0.129. The summed E-state index contributed by atoms with van der Waals surface area (Å²) in [6.45, 7) is -0.785. The van der Waals surface area contributed by atoms with Gasteiger partial charge in [-0.3, -0.25) is 0 Å². The average Bonchev–Trinajstić information content (AvgIpc) is 3.09. The highest BCUT2D eigenvalue weighted by atomic mass is 35.5. The highest BCUT2D eigenvalue weighted by Crippen LogP contribution is 2.37. The average molecular weight is 454 g/mol. The van der Waals surface area contributed by atoms with Crippen molar-refractivity contribution < 1.29 is 37.3 Å². The molecule has 1 aliphatic rings. The van der Waals surface area contributed by atoms with Crippen molar-refractivity contribution >= 4 is 29.5 Å². The van der Waals surface area contributed by atoms with Crippen LogP contribution in [0.4, 0.5) is 8.78 Å². The fraction of sp³-hybridized carbons (Fsp3) is 0.238. The SMILES string of the molecule is CCOc1c(Cl)cc(/C=C2\N=C(c3ccc(OC(F)F)c(OC)c3)OC2=O)cc1OC. The summed E-state index contributed by atoms with van der Waals surface area (Å²) in [6.07, 6.45) is 1.48. The van der Waals surface area contributed by atoms with Crippen molar-refractivity contribution in [3.8, 4) is 23.0 Å². The number of hydrogen-bond donors (Lipinski definition) is 0. The Morgan fingerprint density at radius 2 is 1.87 bits per heavy atom. The van der Waals surface area contributed by atoms with E-state index in [1.54, 1.807) is 12.1 Å². The predicted molar refractivity (Wildman–Crippen MR) is 109 cm³/mol. The van der Waals surface area contributed by atoms with Crippen LogP contribution in [0.2, 0.25) is 5.02 Å². The van der Waals surface area contributed by atoms with Crippen molar-refractivity contribution in [1.29, 1.82) is 0 Å². The topological polar surface area (TPSA) is 75.6 Å². The fourth-order valence-corrected chi connectivity index (χ4v) is 3.07. The van der Waals surface area contributed by atoms with E-state index in [4.69, 9.17) is 30.5 Å². The Balaban J connectivity index is 1.93. The third-order valence-electron chi connectivity index (χ3n) is 4.09. The van der Waals surface area contributed by atoms with E-state index in [0.717, 1.165) is 0 Å². The van der Waals surface area contributed by atoms with Crippen molar-refractivity contribution in [2.75, 3.05) is 20.8 Å². The number of rotatable bonds is 8. The second kappa shape index (κ2) is 9.65. The molecule has 1 heterocycles. The fourth-order valence-electron chi connectivity index (χ4n) is 2.79. The predicted octanol–water partition coefficient (Wildman–Crippen LogP) is 4.70. The molecule has 0 radical (unpaired) electrons. The van der Waals surface area contributed by atoms with Crippen molar-refractivity contribution in [3.63, 3.8) is 0 Å². The van der Waals surface area contributed by atoms with Gasteiger partial charge in [-0.05, 0) is 48.9 Å². The first-order valence-electron chi connectivity index (χ1n) is 9.02. The molecule has 0 unspecified atom stereocenters. The van der Waals surface area contributed by atoms with Gasteiger partial charge < -0.3 is 23.7 Å². The Kier molecular flexibility index (Phi) is 6.96. The minimum absolute atomic E-state index is 0.0119. The highest BCUT2D eigenvalue weighted by Gasteiger charge is 2.26. The zero-order valence-electron chi connectivity index (χ0n) is 16.8. The van der Waals surface area contributed by atoms with E-state index in [-0.39, 0.29) is 23.1 Å². The van der Waals surface area contributed by atoms with Gasteiger partial charge in [0.2, 0.25) is 5.90 Å². The highest BCUT2D eigenvalue weighted by molar-refractivity contribution is 6.32. The van der Waals surface area contributed by atoms with Gasteiger partial charge in [-0.1, -0.05) is 11.6 Å². The Labute approximate surface area is 181 Å². The summed E-state index contributed by atoms with van der Waals surface area (Å²) in [5.74, 6) is -0.0237. The largest absolute Gasteiger partial charge is 0.493 e. The van der Waals surface area contributed by atoms with E-state index < -0.39 is 12.6 Å². The maximum atomic E-state index is 12.5. The van der Waals surface area contributed by atoms with E-state index in [1.807, 2.05) is 6.92 Å². The quantitative estimate of drug-likeness (QED) is 0.426. The molecule has 0 saturated carbocycles. The van der Waals surface area contributed by atoms with Crippen LogP contribution in [0.1, 0.15) is 18.1 Å². The molecule has 0 spiro atoms. The van der Waals surface area contributed by atoms with Crippen LogP contribution in [0.3, 0.4) is 0 Å². The summed E-state index contributed by atoms with van der Waals surface area (Å²) in [4.78, 5) is 16.5. The molecule has 3 rings (SSSR count). The van der Waals surface area contributed by atoms with Gasteiger partial charge in [0, 0.05) is 5.56 Å². The van der Waals surface area contributed by atoms with Gasteiger partial charge in [0.15, 0.2) is 28.7 Å². The number of esters is 1. The second-order valence-corrected chi connectivity index (χ2v) is 6.45. The lowest BCUT2D eigenvalue weighted by Gasteiger charge is -2.11. The van der Waals surface area contributed by atoms with Gasteiger partial charge in [-0.25, -0.2) is 9.79 Å². The van der Waals surface area contributed by atoms with E-state index in [1.165, 1.54) is 38.5 Å². The molecule has 2 aromatic carbocycles. The lowest BCUT2D eigenvalue weighted by atomic mass is 10.1. The summed E-state index contributed by atoms with van der Waals surface area (Å²) in [5.41, 5.74) is 0.905. The number of cyclic esters (lactones) is 1. The van der Waals surface area contributed by atoms with E-state index in [9.17, 15) is 13.6 Å². The summed E-state index contributed by atoms with van der Waals surface area (Å²) in [6, 6.07) is 7.32. The number of hydrogen-bond acceptors (Lipinski definition) is 7. The number of ether oxygens (including phenoxy) is 5. The Hall–Kier alpha value is -3.33. The molecule has 31 heavy (non-hydrogen) atoms. The van der Waals surface area contributed by atoms with Gasteiger partial charge in [-0.2, -0.15) is 8.78 Å². The molecule has 2 aromatic rings. The van der Waals surface area contributed by atoms with Gasteiger partial charge >= 0.3 is 12.6 Å². The minimum atomic E-state index is -3.01. The first-order chi connectivity index (χ1) is 14.9. The van der Waals surface area contributed by atoms with Crippen molar-refractivity contribution in [2.45, 2.75) is 13.5 Å². The Morgan fingerprint density at radius 1 is 1.13 bits per heavy atom. The smallest absolute Gasteiger partial charge is 0.387 e. The van der Waals surface area contributed by atoms with Crippen molar-refractivity contribution in [2.24, 2.45) is 4.99 Å². The van der Waals surface area contributed by atoms with Crippen LogP contribution in [0.25, 0.3) is 6.08 Å². The van der Waals surface area contributed by atoms with Crippen LogP contribution in [-0.2, 0) is 9.53 Å². The van der Waals surface area contributed by atoms with Crippen LogP contribution in [0, 0.1) is 0 Å². The molecule has 0 aromatic heterocycles. The normalized spacial score (nSPS) is 14.5. The number of halogens is 3. The molecular formula is C21H18ClF2NO6. The third-order valence-corrected chi connectivity index (χ3v) is 4.37. The molecule has 0 bridgehead atoms. The molecule has 0 aliphatic carbocycles. The van der Waals surface area contributed by atoms with Gasteiger partial charge in [-0.15, -0.1) is 0 Å². The number of methoxy groups -OCH3 is 2. The van der Waals surface area contributed by atoms with Gasteiger partial charge in [0.1, 0.15) is 0 Å². The van der Waals surface area contributed by atoms with Crippen LogP contribution >= 0.6 is 11.6 Å². The van der Waals surface area contributed by atoms with E-state index >= 15 is 0 Å². The molecule has 0 amide bonds. The number of carbonyl (C=O) groups excluding carboxylic acids is 1. The van der Waals surface area contributed by atoms with Crippen LogP contribution < -0.4 is 18.9 Å². The maximum Gasteiger partial charge on any atom is 0.387 e. The van der Waals surface area contributed by atoms with E-state index in [2.05, 4.69) is 9.73 Å². The number of alkyl halides is 2. The second-order valence-electron chi connectivity index (χ2n) is 6.05. The summed E-state index contributed by atoms with van der Waals surface area (Å²) < 4.78 is 50.4. The number of benzene rings is 2. The maximum absolute atomic E-state index is 12.5.